The van der Waals surface area contributed by atoms with E-state index >= 15 is 0 Å². The fourth-order valence-corrected chi connectivity index (χ4v) is 1.56. The first-order valence-electron chi connectivity index (χ1n) is 5.15. The largest absolute Gasteiger partial charge is 0.295 e. The monoisotopic (exact) mass is 178 g/mol. The second-order valence-electron chi connectivity index (χ2n) is 3.62. The minimum absolute atomic E-state index is 0.329. The maximum absolute atomic E-state index is 11.2. The summed E-state index contributed by atoms with van der Waals surface area (Å²) in [6.07, 6.45) is 9.63. The summed E-state index contributed by atoms with van der Waals surface area (Å²) in [5.74, 6) is 0.329. The summed E-state index contributed by atoms with van der Waals surface area (Å²) in [6, 6.07) is 0. The quantitative estimate of drug-likeness (QED) is 0.603. The van der Waals surface area contributed by atoms with E-state index in [1.54, 1.807) is 0 Å². The molecule has 13 heavy (non-hydrogen) atoms. The van der Waals surface area contributed by atoms with Gasteiger partial charge in [-0.05, 0) is 30.9 Å². The highest BCUT2D eigenvalue weighted by molar-refractivity contribution is 5.98. The van der Waals surface area contributed by atoms with Crippen LogP contribution in [0.2, 0.25) is 0 Å². The van der Waals surface area contributed by atoms with Crippen molar-refractivity contribution in [2.45, 2.75) is 46.0 Å². The lowest BCUT2D eigenvalue weighted by Crippen LogP contribution is -1.89. The molecule has 0 aromatic rings. The van der Waals surface area contributed by atoms with E-state index in [0.29, 0.717) is 5.78 Å². The van der Waals surface area contributed by atoms with Gasteiger partial charge in [-0.1, -0.05) is 31.9 Å². The number of carbonyl (C=O) groups is 1. The van der Waals surface area contributed by atoms with E-state index < -0.39 is 0 Å². The van der Waals surface area contributed by atoms with Crippen molar-refractivity contribution >= 4 is 5.78 Å². The smallest absolute Gasteiger partial charge is 0.159 e. The highest BCUT2D eigenvalue weighted by atomic mass is 16.1. The fraction of sp³-hybridized carbons (Fsp3) is 0.583. The van der Waals surface area contributed by atoms with Crippen LogP contribution < -0.4 is 0 Å². The number of rotatable bonds is 4. The molecule has 0 radical (unpaired) electrons. The van der Waals surface area contributed by atoms with Crippen molar-refractivity contribution in [2.24, 2.45) is 0 Å². The van der Waals surface area contributed by atoms with E-state index in [0.717, 1.165) is 24.8 Å². The molecule has 0 atom stereocenters. The third-order valence-corrected chi connectivity index (χ3v) is 2.56. The van der Waals surface area contributed by atoms with Crippen LogP contribution in [0.1, 0.15) is 46.0 Å². The Labute approximate surface area is 80.5 Å². The standard InChI is InChI=1S/C12H18O/c1-3-4-5-6-7-11-8-9-12(13)10(11)2/h6-7H,3-5,8-9H2,1-2H3/b7-6+. The van der Waals surface area contributed by atoms with Gasteiger partial charge in [-0.3, -0.25) is 4.79 Å². The Morgan fingerprint density at radius 2 is 2.15 bits per heavy atom. The number of carbonyl (C=O) groups excluding carboxylic acids is 1. The van der Waals surface area contributed by atoms with Crippen LogP contribution in [0.4, 0.5) is 0 Å². The Balaban J connectivity index is 2.45. The number of Topliss-reactive ketones (excluding diaryl/α,β-unsaturated/α-hetero) is 1. The van der Waals surface area contributed by atoms with E-state index in [2.05, 4.69) is 19.1 Å². The molecule has 0 amide bonds. The Bertz CT molecular complexity index is 246. The number of unbranched alkanes of at least 4 members (excludes halogenated alkanes) is 2. The van der Waals surface area contributed by atoms with Crippen LogP contribution in [0.15, 0.2) is 23.3 Å². The SMILES string of the molecule is CCCC/C=C/C1=C(C)C(=O)CC1. The van der Waals surface area contributed by atoms with Gasteiger partial charge in [0.1, 0.15) is 0 Å². The third kappa shape index (κ3) is 2.83. The van der Waals surface area contributed by atoms with Crippen LogP contribution in [0.25, 0.3) is 0 Å². The van der Waals surface area contributed by atoms with Gasteiger partial charge in [-0.25, -0.2) is 0 Å². The summed E-state index contributed by atoms with van der Waals surface area (Å²) in [7, 11) is 0. The van der Waals surface area contributed by atoms with Gasteiger partial charge in [0.05, 0.1) is 0 Å². The highest BCUT2D eigenvalue weighted by Crippen LogP contribution is 2.23. The van der Waals surface area contributed by atoms with Crippen LogP contribution in [0, 0.1) is 0 Å². The van der Waals surface area contributed by atoms with E-state index in [9.17, 15) is 4.79 Å². The molecule has 0 fully saturated rings. The lowest BCUT2D eigenvalue weighted by molar-refractivity contribution is -0.114. The lowest BCUT2D eigenvalue weighted by Gasteiger charge is -1.93. The van der Waals surface area contributed by atoms with E-state index in [1.807, 2.05) is 6.92 Å². The molecule has 1 aliphatic carbocycles. The van der Waals surface area contributed by atoms with E-state index in [1.165, 1.54) is 18.4 Å². The number of ketones is 1. The first kappa shape index (κ1) is 10.2. The van der Waals surface area contributed by atoms with Gasteiger partial charge in [0, 0.05) is 6.42 Å². The summed E-state index contributed by atoms with van der Waals surface area (Å²) < 4.78 is 0. The van der Waals surface area contributed by atoms with Gasteiger partial charge in [0.2, 0.25) is 0 Å². The van der Waals surface area contributed by atoms with Gasteiger partial charge in [0.15, 0.2) is 5.78 Å². The Morgan fingerprint density at radius 3 is 2.69 bits per heavy atom. The van der Waals surface area contributed by atoms with Crippen molar-refractivity contribution in [3.8, 4) is 0 Å². The van der Waals surface area contributed by atoms with E-state index in [-0.39, 0.29) is 0 Å². The second-order valence-corrected chi connectivity index (χ2v) is 3.62. The van der Waals surface area contributed by atoms with Crippen molar-refractivity contribution in [1.29, 1.82) is 0 Å². The average molecular weight is 178 g/mol. The minimum atomic E-state index is 0.329. The summed E-state index contributed by atoms with van der Waals surface area (Å²) in [6.45, 7) is 4.13. The van der Waals surface area contributed by atoms with E-state index in [4.69, 9.17) is 0 Å². The Kier molecular flexibility index (Phi) is 3.94. The molecule has 1 aliphatic rings. The summed E-state index contributed by atoms with van der Waals surface area (Å²) in [4.78, 5) is 11.2. The molecular weight excluding hydrogens is 160 g/mol. The van der Waals surface area contributed by atoms with Crippen molar-refractivity contribution in [3.05, 3.63) is 23.3 Å². The van der Waals surface area contributed by atoms with Gasteiger partial charge >= 0.3 is 0 Å². The molecule has 0 saturated heterocycles. The average Bonchev–Trinajstić information content (AvgIpc) is 2.43. The fourth-order valence-electron chi connectivity index (χ4n) is 1.56. The topological polar surface area (TPSA) is 17.1 Å². The first-order chi connectivity index (χ1) is 6.25. The van der Waals surface area contributed by atoms with Gasteiger partial charge in [0.25, 0.3) is 0 Å². The molecule has 0 aromatic heterocycles. The zero-order valence-corrected chi connectivity index (χ0v) is 8.60. The second kappa shape index (κ2) is 5.00. The molecule has 1 rings (SSSR count). The Morgan fingerprint density at radius 1 is 1.38 bits per heavy atom. The van der Waals surface area contributed by atoms with Crippen molar-refractivity contribution in [1.82, 2.24) is 0 Å². The summed E-state index contributed by atoms with van der Waals surface area (Å²) >= 11 is 0. The molecule has 1 nitrogen and oxygen atoms in total. The molecule has 0 unspecified atom stereocenters. The maximum Gasteiger partial charge on any atom is 0.159 e. The normalized spacial score (nSPS) is 17.8. The molecule has 0 heterocycles. The molecule has 0 N–H and O–H groups in total. The molecule has 0 aliphatic heterocycles. The maximum atomic E-state index is 11.2. The molecule has 0 saturated carbocycles. The lowest BCUT2D eigenvalue weighted by atomic mass is 10.1. The van der Waals surface area contributed by atoms with Crippen molar-refractivity contribution < 1.29 is 4.79 Å². The zero-order valence-electron chi connectivity index (χ0n) is 8.60. The molecular formula is C12H18O. The minimum Gasteiger partial charge on any atom is -0.295 e. The summed E-state index contributed by atoms with van der Waals surface area (Å²) in [5.41, 5.74) is 2.23. The van der Waals surface area contributed by atoms with Gasteiger partial charge in [-0.2, -0.15) is 0 Å². The number of hydrogen-bond acceptors (Lipinski definition) is 1. The predicted octanol–water partition coefficient (Wildman–Crippen LogP) is 3.41. The molecule has 1 heteroatoms. The number of hydrogen-bond donors (Lipinski definition) is 0. The van der Waals surface area contributed by atoms with Crippen LogP contribution in [0.3, 0.4) is 0 Å². The highest BCUT2D eigenvalue weighted by Gasteiger charge is 2.16. The van der Waals surface area contributed by atoms with Crippen LogP contribution in [-0.4, -0.2) is 5.78 Å². The van der Waals surface area contributed by atoms with Crippen LogP contribution in [-0.2, 0) is 4.79 Å². The van der Waals surface area contributed by atoms with Crippen molar-refractivity contribution in [2.75, 3.05) is 0 Å². The predicted molar refractivity (Wildman–Crippen MR) is 55.6 cm³/mol. The first-order valence-corrected chi connectivity index (χ1v) is 5.15. The van der Waals surface area contributed by atoms with Crippen LogP contribution >= 0.6 is 0 Å². The van der Waals surface area contributed by atoms with Crippen LogP contribution in [0.5, 0.6) is 0 Å². The van der Waals surface area contributed by atoms with Crippen molar-refractivity contribution in [3.63, 3.8) is 0 Å². The molecule has 0 bridgehead atoms. The molecule has 0 aromatic carbocycles. The Hall–Kier alpha value is -0.850. The zero-order chi connectivity index (χ0) is 9.68. The molecule has 0 spiro atoms. The third-order valence-electron chi connectivity index (χ3n) is 2.56. The number of allylic oxidation sites excluding steroid dienone is 4. The summed E-state index contributed by atoms with van der Waals surface area (Å²) in [5, 5.41) is 0. The molecule has 72 valence electrons. The van der Waals surface area contributed by atoms with Gasteiger partial charge < -0.3 is 0 Å². The van der Waals surface area contributed by atoms with Gasteiger partial charge in [-0.15, -0.1) is 0 Å².